The third kappa shape index (κ3) is 24.6. The maximum Gasteiger partial charge on any atom is 0.330 e. The quantitative estimate of drug-likeness (QED) is 0.625. The second kappa shape index (κ2) is 20.9. The Labute approximate surface area is 173 Å². The van der Waals surface area contributed by atoms with Crippen LogP contribution in [0, 0.1) is 0 Å². The molecule has 0 radical (unpaired) electrons. The number of benzene rings is 1. The summed E-state index contributed by atoms with van der Waals surface area (Å²) < 4.78 is 0. The fraction of sp³-hybridized carbons (Fsp3) is 0.227. The molecule has 7 heteroatoms. The van der Waals surface area contributed by atoms with Crippen molar-refractivity contribution in [2.45, 2.75) is 34.1 Å². The van der Waals surface area contributed by atoms with Gasteiger partial charge in [0.2, 0.25) is 0 Å². The Morgan fingerprint density at radius 1 is 1.03 bits per heavy atom. The van der Waals surface area contributed by atoms with Gasteiger partial charge in [-0.1, -0.05) is 69.1 Å². The van der Waals surface area contributed by atoms with Crippen molar-refractivity contribution in [2.24, 2.45) is 0 Å². The molecule has 0 unspecified atom stereocenters. The van der Waals surface area contributed by atoms with Gasteiger partial charge in [0, 0.05) is 11.1 Å². The summed E-state index contributed by atoms with van der Waals surface area (Å²) in [6.07, 6.45) is 3.85. The highest BCUT2D eigenvalue weighted by atomic mass is 16.4. The van der Waals surface area contributed by atoms with Gasteiger partial charge in [-0.3, -0.25) is 0 Å². The zero-order valence-electron chi connectivity index (χ0n) is 17.9. The van der Waals surface area contributed by atoms with Crippen molar-refractivity contribution in [1.82, 2.24) is 6.15 Å². The lowest BCUT2D eigenvalue weighted by molar-refractivity contribution is -0.299. The molecule has 1 aromatic rings. The van der Waals surface area contributed by atoms with Gasteiger partial charge in [-0.15, -0.1) is 0 Å². The van der Waals surface area contributed by atoms with E-state index in [0.717, 1.165) is 0 Å². The minimum Gasteiger partial charge on any atom is -0.545 e. The highest BCUT2D eigenvalue weighted by Gasteiger charge is 1.96. The molecule has 0 bridgehead atoms. The Kier molecular flexibility index (Phi) is 23.8. The standard InChI is InChI=1S/C8H8.2C5H8O2.C4H6O2.H3N/c1-2-8-6-4-3-5-7-8;2*1-3-4(2)5(6)7;1-3(2)4(5)6;/h2-7H,1H2;3H,1-2H3,(H,6,7);2-3H2,1H3,(H,6,7);1H2,2H3,(H,5,6);1H3/b;4-3+;;;. The van der Waals surface area contributed by atoms with Crippen LogP contribution in [0.25, 0.3) is 6.08 Å². The highest BCUT2D eigenvalue weighted by Crippen LogP contribution is 1.97. The Morgan fingerprint density at radius 3 is 1.55 bits per heavy atom. The summed E-state index contributed by atoms with van der Waals surface area (Å²) in [7, 11) is 0. The first-order valence-electron chi connectivity index (χ1n) is 8.26. The summed E-state index contributed by atoms with van der Waals surface area (Å²) in [5, 5.41) is 25.7. The minimum absolute atomic E-state index is 0. The average Bonchev–Trinajstić information content (AvgIpc) is 2.68. The van der Waals surface area contributed by atoms with Gasteiger partial charge in [-0.2, -0.15) is 0 Å². The molecule has 29 heavy (non-hydrogen) atoms. The maximum atomic E-state index is 9.83. The molecule has 0 saturated heterocycles. The summed E-state index contributed by atoms with van der Waals surface area (Å²) in [6, 6.07) is 10.0. The lowest BCUT2D eigenvalue weighted by Gasteiger charge is -1.96. The van der Waals surface area contributed by atoms with Gasteiger partial charge in [0.15, 0.2) is 0 Å². The molecule has 0 aliphatic rings. The van der Waals surface area contributed by atoms with Gasteiger partial charge >= 0.3 is 11.9 Å². The minimum atomic E-state index is -1.09. The molecule has 0 amide bonds. The molecule has 0 saturated carbocycles. The van der Waals surface area contributed by atoms with Gasteiger partial charge in [-0.25, -0.2) is 9.59 Å². The van der Waals surface area contributed by atoms with Crippen LogP contribution in [0.1, 0.15) is 39.7 Å². The van der Waals surface area contributed by atoms with Crippen LogP contribution < -0.4 is 11.3 Å². The summed E-state index contributed by atoms with van der Waals surface area (Å²) in [5.41, 5.74) is 1.89. The SMILES string of the molecule is C/C=C(\C)C(=O)[O-].C=C(C)C(=O)O.C=C(CC)C(=O)O.C=Cc1ccccc1.[NH4+]. The number of rotatable bonds is 5. The first-order valence-corrected chi connectivity index (χ1v) is 8.26. The molecule has 6 N–H and O–H groups in total. The molecule has 1 rings (SSSR count). The largest absolute Gasteiger partial charge is 0.545 e. The van der Waals surface area contributed by atoms with E-state index in [1.807, 2.05) is 36.4 Å². The van der Waals surface area contributed by atoms with Crippen LogP contribution in [0.2, 0.25) is 0 Å². The van der Waals surface area contributed by atoms with Crippen LogP contribution in [0.3, 0.4) is 0 Å². The molecule has 0 heterocycles. The van der Waals surface area contributed by atoms with Crippen molar-refractivity contribution in [2.75, 3.05) is 0 Å². The van der Waals surface area contributed by atoms with E-state index in [-0.39, 0.29) is 22.9 Å². The number of hydrogen-bond acceptors (Lipinski definition) is 4. The summed E-state index contributed by atoms with van der Waals surface area (Å²) in [5.74, 6) is -2.93. The highest BCUT2D eigenvalue weighted by molar-refractivity contribution is 5.85. The first kappa shape index (κ1) is 33.2. The molecule has 0 aromatic heterocycles. The number of quaternary nitrogens is 1. The molecule has 0 fully saturated rings. The lowest BCUT2D eigenvalue weighted by atomic mass is 10.2. The summed E-state index contributed by atoms with van der Waals surface area (Å²) in [6.45, 7) is 16.4. The van der Waals surface area contributed by atoms with Crippen molar-refractivity contribution >= 4 is 24.0 Å². The predicted octanol–water partition coefficient (Wildman–Crippen LogP) is 4.09. The first-order chi connectivity index (χ1) is 12.9. The van der Waals surface area contributed by atoms with Crippen molar-refractivity contribution in [3.63, 3.8) is 0 Å². The lowest BCUT2D eigenvalue weighted by Crippen LogP contribution is -2.22. The van der Waals surface area contributed by atoms with Crippen molar-refractivity contribution < 1.29 is 29.7 Å². The monoisotopic (exact) mass is 407 g/mol. The number of carboxylic acid groups (broad SMARTS) is 3. The van der Waals surface area contributed by atoms with E-state index < -0.39 is 17.9 Å². The molecule has 0 aliphatic heterocycles. The molecule has 1 aromatic carbocycles. The predicted molar refractivity (Wildman–Crippen MR) is 116 cm³/mol. The van der Waals surface area contributed by atoms with E-state index in [1.165, 1.54) is 25.5 Å². The van der Waals surface area contributed by atoms with Crippen LogP contribution in [0.15, 0.2) is 72.9 Å². The fourth-order valence-electron chi connectivity index (χ4n) is 0.858. The number of hydrogen-bond donors (Lipinski definition) is 3. The van der Waals surface area contributed by atoms with Crippen molar-refractivity contribution in [3.05, 3.63) is 78.4 Å². The number of carbonyl (C=O) groups excluding carboxylic acids is 1. The summed E-state index contributed by atoms with van der Waals surface area (Å²) >= 11 is 0. The van der Waals surface area contributed by atoms with Gasteiger partial charge in [0.25, 0.3) is 0 Å². The molecule has 162 valence electrons. The van der Waals surface area contributed by atoms with Crippen LogP contribution in [0.4, 0.5) is 0 Å². The molecule has 0 atom stereocenters. The van der Waals surface area contributed by atoms with E-state index in [1.54, 1.807) is 13.8 Å². The topological polar surface area (TPSA) is 151 Å². The number of carboxylic acids is 3. The zero-order valence-corrected chi connectivity index (χ0v) is 17.9. The third-order valence-electron chi connectivity index (χ3n) is 2.88. The van der Waals surface area contributed by atoms with E-state index in [4.69, 9.17) is 10.2 Å². The second-order valence-electron chi connectivity index (χ2n) is 5.22. The van der Waals surface area contributed by atoms with Gasteiger partial charge < -0.3 is 26.3 Å². The van der Waals surface area contributed by atoms with E-state index >= 15 is 0 Å². The smallest absolute Gasteiger partial charge is 0.330 e. The molecule has 0 spiro atoms. The van der Waals surface area contributed by atoms with Gasteiger partial charge in [0.1, 0.15) is 0 Å². The Hall–Kier alpha value is -3.45. The van der Waals surface area contributed by atoms with Crippen molar-refractivity contribution in [1.29, 1.82) is 0 Å². The molecular weight excluding hydrogens is 374 g/mol. The van der Waals surface area contributed by atoms with Crippen LogP contribution >= 0.6 is 0 Å². The van der Waals surface area contributed by atoms with Crippen molar-refractivity contribution in [3.8, 4) is 0 Å². The van der Waals surface area contributed by atoms with Crippen LogP contribution in [0.5, 0.6) is 0 Å². The molecule has 0 aliphatic carbocycles. The van der Waals surface area contributed by atoms with E-state index in [0.29, 0.717) is 6.42 Å². The average molecular weight is 408 g/mol. The van der Waals surface area contributed by atoms with Gasteiger partial charge in [0.05, 0.1) is 5.97 Å². The zero-order chi connectivity index (χ0) is 22.7. The normalized spacial score (nSPS) is 8.62. The third-order valence-corrected chi connectivity index (χ3v) is 2.88. The Bertz CT molecular complexity index is 679. The number of aliphatic carboxylic acids is 3. The Morgan fingerprint density at radius 2 is 1.45 bits per heavy atom. The van der Waals surface area contributed by atoms with Crippen LogP contribution in [-0.2, 0) is 14.4 Å². The van der Waals surface area contributed by atoms with E-state index in [9.17, 15) is 19.5 Å². The Balaban J connectivity index is -0.000000143. The fourth-order valence-corrected chi connectivity index (χ4v) is 0.858. The number of allylic oxidation sites excluding steroid dienone is 1. The summed E-state index contributed by atoms with van der Waals surface area (Å²) in [4.78, 5) is 29.2. The van der Waals surface area contributed by atoms with Crippen LogP contribution in [-0.4, -0.2) is 28.1 Å². The second-order valence-corrected chi connectivity index (χ2v) is 5.22. The molecular formula is C22H33NO6. The van der Waals surface area contributed by atoms with E-state index in [2.05, 4.69) is 19.7 Å². The van der Waals surface area contributed by atoms with Gasteiger partial charge in [-0.05, 0) is 38.3 Å². The molecule has 7 nitrogen and oxygen atoms in total. The number of carbonyl (C=O) groups is 3. The maximum absolute atomic E-state index is 9.83.